The zero-order chi connectivity index (χ0) is 12.8. The Balaban J connectivity index is 1.86. The first-order chi connectivity index (χ1) is 8.75. The average Bonchev–Trinajstić information content (AvgIpc) is 2.40. The Bertz CT molecular complexity index is 482. The molecular weight excluding hydrogens is 222 g/mol. The molecule has 1 unspecified atom stereocenters. The van der Waals surface area contributed by atoms with Crippen molar-refractivity contribution in [3.63, 3.8) is 0 Å². The van der Waals surface area contributed by atoms with Crippen molar-refractivity contribution in [1.29, 1.82) is 0 Å². The van der Waals surface area contributed by atoms with Crippen LogP contribution in [0.25, 0.3) is 0 Å². The molecule has 1 atom stereocenters. The fourth-order valence-electron chi connectivity index (χ4n) is 1.94. The van der Waals surface area contributed by atoms with Gasteiger partial charge < -0.3 is 5.32 Å². The van der Waals surface area contributed by atoms with Crippen molar-refractivity contribution in [2.45, 2.75) is 32.9 Å². The molecule has 1 aromatic heterocycles. The highest BCUT2D eigenvalue weighted by Crippen LogP contribution is 2.09. The second-order valence-electron chi connectivity index (χ2n) is 4.61. The minimum Gasteiger partial charge on any atom is -0.308 e. The summed E-state index contributed by atoms with van der Waals surface area (Å²) in [5.41, 5.74) is 3.79. The minimum atomic E-state index is 0.432. The maximum absolute atomic E-state index is 4.20. The molecule has 0 spiro atoms. The van der Waals surface area contributed by atoms with E-state index in [0.29, 0.717) is 6.04 Å². The predicted octanol–water partition coefficient (Wildman–Crippen LogP) is 2.51. The summed E-state index contributed by atoms with van der Waals surface area (Å²) >= 11 is 0. The van der Waals surface area contributed by atoms with Crippen LogP contribution < -0.4 is 5.32 Å². The van der Waals surface area contributed by atoms with Crippen molar-refractivity contribution in [2.75, 3.05) is 0 Å². The van der Waals surface area contributed by atoms with E-state index in [4.69, 9.17) is 0 Å². The molecule has 0 amide bonds. The second-order valence-corrected chi connectivity index (χ2v) is 4.61. The van der Waals surface area contributed by atoms with Crippen LogP contribution in [-0.4, -0.2) is 16.0 Å². The molecule has 0 aliphatic heterocycles. The Morgan fingerprint density at radius 3 is 2.78 bits per heavy atom. The molecular formula is C15H19N3. The molecule has 0 aliphatic carbocycles. The van der Waals surface area contributed by atoms with Gasteiger partial charge in [-0.2, -0.15) is 0 Å². The largest absolute Gasteiger partial charge is 0.308 e. The molecule has 2 rings (SSSR count). The third kappa shape index (κ3) is 3.64. The average molecular weight is 241 g/mol. The van der Waals surface area contributed by atoms with Crippen LogP contribution in [-0.2, 0) is 13.0 Å². The van der Waals surface area contributed by atoms with Gasteiger partial charge in [0.1, 0.15) is 6.33 Å². The molecule has 3 heteroatoms. The van der Waals surface area contributed by atoms with Gasteiger partial charge in [0, 0.05) is 18.8 Å². The molecule has 1 aromatic carbocycles. The fraction of sp³-hybridized carbons (Fsp3) is 0.333. The van der Waals surface area contributed by atoms with Gasteiger partial charge in [-0.25, -0.2) is 9.97 Å². The first-order valence-corrected chi connectivity index (χ1v) is 6.28. The van der Waals surface area contributed by atoms with Gasteiger partial charge in [-0.05, 0) is 37.5 Å². The van der Waals surface area contributed by atoms with Crippen LogP contribution in [0.1, 0.15) is 23.7 Å². The molecule has 0 saturated carbocycles. The van der Waals surface area contributed by atoms with E-state index in [2.05, 4.69) is 53.4 Å². The fourth-order valence-corrected chi connectivity index (χ4v) is 1.94. The topological polar surface area (TPSA) is 37.8 Å². The van der Waals surface area contributed by atoms with E-state index in [1.54, 1.807) is 12.5 Å². The van der Waals surface area contributed by atoms with Gasteiger partial charge in [-0.1, -0.05) is 24.3 Å². The summed E-state index contributed by atoms with van der Waals surface area (Å²) < 4.78 is 0. The number of nitrogens with zero attached hydrogens (tertiary/aromatic N) is 2. The van der Waals surface area contributed by atoms with E-state index in [9.17, 15) is 0 Å². The van der Waals surface area contributed by atoms with Gasteiger partial charge in [-0.3, -0.25) is 0 Å². The molecule has 0 fully saturated rings. The van der Waals surface area contributed by atoms with Gasteiger partial charge in [0.05, 0.1) is 5.69 Å². The number of nitrogens with one attached hydrogen (secondary N) is 1. The van der Waals surface area contributed by atoms with Crippen molar-refractivity contribution in [2.24, 2.45) is 0 Å². The lowest BCUT2D eigenvalue weighted by Gasteiger charge is -2.14. The van der Waals surface area contributed by atoms with Crippen LogP contribution in [0.15, 0.2) is 42.9 Å². The quantitative estimate of drug-likeness (QED) is 0.874. The highest BCUT2D eigenvalue weighted by molar-refractivity contribution is 5.26. The maximum atomic E-state index is 4.20. The van der Waals surface area contributed by atoms with Crippen LogP contribution in [0.2, 0.25) is 0 Å². The minimum absolute atomic E-state index is 0.432. The molecule has 0 saturated heterocycles. The van der Waals surface area contributed by atoms with Crippen LogP contribution in [0, 0.1) is 6.92 Å². The van der Waals surface area contributed by atoms with Crippen molar-refractivity contribution in [3.05, 3.63) is 59.7 Å². The predicted molar refractivity (Wildman–Crippen MR) is 73.2 cm³/mol. The number of aryl methyl sites for hydroxylation is 1. The van der Waals surface area contributed by atoms with E-state index >= 15 is 0 Å². The summed E-state index contributed by atoms with van der Waals surface area (Å²) in [6.45, 7) is 5.15. The van der Waals surface area contributed by atoms with Crippen molar-refractivity contribution in [1.82, 2.24) is 15.3 Å². The summed E-state index contributed by atoms with van der Waals surface area (Å²) in [5, 5.41) is 3.48. The number of hydrogen-bond donors (Lipinski definition) is 1. The molecule has 2 aromatic rings. The first-order valence-electron chi connectivity index (χ1n) is 6.28. The Labute approximate surface area is 108 Å². The SMILES string of the molecule is Cc1ccccc1CC(C)NCc1ccncn1. The van der Waals surface area contributed by atoms with E-state index in [0.717, 1.165) is 18.7 Å². The molecule has 0 bridgehead atoms. The van der Waals surface area contributed by atoms with Crippen LogP contribution in [0.4, 0.5) is 0 Å². The van der Waals surface area contributed by atoms with Gasteiger partial charge in [-0.15, -0.1) is 0 Å². The van der Waals surface area contributed by atoms with E-state index in [1.165, 1.54) is 11.1 Å². The van der Waals surface area contributed by atoms with E-state index in [1.807, 2.05) is 6.07 Å². The number of rotatable bonds is 5. The molecule has 1 N–H and O–H groups in total. The summed E-state index contributed by atoms with van der Waals surface area (Å²) in [5.74, 6) is 0. The van der Waals surface area contributed by atoms with Crippen molar-refractivity contribution < 1.29 is 0 Å². The Morgan fingerprint density at radius 2 is 2.06 bits per heavy atom. The van der Waals surface area contributed by atoms with Gasteiger partial charge in [0.15, 0.2) is 0 Å². The monoisotopic (exact) mass is 241 g/mol. The van der Waals surface area contributed by atoms with Gasteiger partial charge >= 0.3 is 0 Å². The van der Waals surface area contributed by atoms with Crippen LogP contribution >= 0.6 is 0 Å². The second kappa shape index (κ2) is 6.26. The summed E-state index contributed by atoms with van der Waals surface area (Å²) in [4.78, 5) is 8.11. The van der Waals surface area contributed by atoms with Crippen LogP contribution in [0.5, 0.6) is 0 Å². The highest BCUT2D eigenvalue weighted by atomic mass is 14.9. The Kier molecular flexibility index (Phi) is 4.42. The third-order valence-electron chi connectivity index (χ3n) is 3.06. The lowest BCUT2D eigenvalue weighted by Crippen LogP contribution is -2.28. The number of benzene rings is 1. The van der Waals surface area contributed by atoms with E-state index < -0.39 is 0 Å². The summed E-state index contributed by atoms with van der Waals surface area (Å²) in [6, 6.07) is 10.9. The van der Waals surface area contributed by atoms with Gasteiger partial charge in [0.25, 0.3) is 0 Å². The first kappa shape index (κ1) is 12.7. The third-order valence-corrected chi connectivity index (χ3v) is 3.06. The Morgan fingerprint density at radius 1 is 1.22 bits per heavy atom. The number of hydrogen-bond acceptors (Lipinski definition) is 3. The van der Waals surface area contributed by atoms with Crippen LogP contribution in [0.3, 0.4) is 0 Å². The zero-order valence-corrected chi connectivity index (χ0v) is 10.9. The lowest BCUT2D eigenvalue weighted by atomic mass is 10.0. The zero-order valence-electron chi connectivity index (χ0n) is 10.9. The van der Waals surface area contributed by atoms with E-state index in [-0.39, 0.29) is 0 Å². The lowest BCUT2D eigenvalue weighted by molar-refractivity contribution is 0.538. The Hall–Kier alpha value is -1.74. The molecule has 0 radical (unpaired) electrons. The molecule has 18 heavy (non-hydrogen) atoms. The molecule has 94 valence electrons. The highest BCUT2D eigenvalue weighted by Gasteiger charge is 2.05. The maximum Gasteiger partial charge on any atom is 0.115 e. The normalized spacial score (nSPS) is 12.3. The van der Waals surface area contributed by atoms with Crippen molar-refractivity contribution in [3.8, 4) is 0 Å². The summed E-state index contributed by atoms with van der Waals surface area (Å²) in [6.07, 6.45) is 4.40. The van der Waals surface area contributed by atoms with Crippen molar-refractivity contribution >= 4 is 0 Å². The molecule has 3 nitrogen and oxygen atoms in total. The molecule has 1 heterocycles. The van der Waals surface area contributed by atoms with Gasteiger partial charge in [0.2, 0.25) is 0 Å². The number of aromatic nitrogens is 2. The summed E-state index contributed by atoms with van der Waals surface area (Å²) in [7, 11) is 0. The molecule has 0 aliphatic rings. The smallest absolute Gasteiger partial charge is 0.115 e. The standard InChI is InChI=1S/C15H19N3/c1-12-5-3-4-6-14(12)9-13(2)17-10-15-7-8-16-11-18-15/h3-8,11,13,17H,9-10H2,1-2H3.